The summed E-state index contributed by atoms with van der Waals surface area (Å²) in [7, 11) is -1.99. The molecule has 0 radical (unpaired) electrons. The Bertz CT molecular complexity index is 585. The van der Waals surface area contributed by atoms with Crippen molar-refractivity contribution >= 4 is 10.0 Å². The highest BCUT2D eigenvalue weighted by atomic mass is 32.2. The minimum Gasteiger partial charge on any atom is -0.392 e. The van der Waals surface area contributed by atoms with Gasteiger partial charge in [-0.2, -0.15) is 0 Å². The molecule has 21 heavy (non-hydrogen) atoms. The van der Waals surface area contributed by atoms with E-state index in [2.05, 4.69) is 4.72 Å². The lowest BCUT2D eigenvalue weighted by atomic mass is 10.1. The fraction of sp³-hybridized carbons (Fsp3) is 0.600. The van der Waals surface area contributed by atoms with Crippen LogP contribution >= 0.6 is 0 Å². The quantitative estimate of drug-likeness (QED) is 0.836. The molecule has 0 saturated heterocycles. The summed E-state index contributed by atoms with van der Waals surface area (Å²) in [6.45, 7) is 1.75. The molecule has 0 aliphatic heterocycles. The number of methoxy groups -OCH3 is 1. The van der Waals surface area contributed by atoms with Crippen molar-refractivity contribution in [1.29, 1.82) is 0 Å². The third-order valence-corrected chi connectivity index (χ3v) is 5.62. The Morgan fingerprint density at radius 1 is 1.38 bits per heavy atom. The van der Waals surface area contributed by atoms with Gasteiger partial charge in [-0.3, -0.25) is 0 Å². The Kier molecular flexibility index (Phi) is 5.37. The van der Waals surface area contributed by atoms with Gasteiger partial charge in [0.2, 0.25) is 10.0 Å². The first kappa shape index (κ1) is 16.4. The van der Waals surface area contributed by atoms with Crippen LogP contribution in [-0.4, -0.2) is 32.8 Å². The maximum Gasteiger partial charge on any atom is 0.241 e. The summed E-state index contributed by atoms with van der Waals surface area (Å²) in [5.41, 5.74) is 1.36. The van der Waals surface area contributed by atoms with Crippen molar-refractivity contribution in [2.45, 2.75) is 56.3 Å². The molecule has 1 saturated carbocycles. The van der Waals surface area contributed by atoms with Gasteiger partial charge in [-0.05, 0) is 42.9 Å². The van der Waals surface area contributed by atoms with Crippen LogP contribution in [0.3, 0.4) is 0 Å². The Morgan fingerprint density at radius 2 is 2.14 bits per heavy atom. The molecule has 1 aliphatic carbocycles. The second kappa shape index (κ2) is 6.87. The number of hydrogen-bond donors (Lipinski definition) is 2. The first-order chi connectivity index (χ1) is 10.0. The Balaban J connectivity index is 2.30. The summed E-state index contributed by atoms with van der Waals surface area (Å²) in [5.74, 6) is 0. The molecule has 1 aliphatic rings. The monoisotopic (exact) mass is 313 g/mol. The van der Waals surface area contributed by atoms with Gasteiger partial charge in [-0.25, -0.2) is 13.1 Å². The third kappa shape index (κ3) is 3.63. The number of aliphatic hydroxyl groups is 1. The number of sulfonamides is 1. The summed E-state index contributed by atoms with van der Waals surface area (Å²) in [5, 5.41) is 9.22. The fourth-order valence-corrected chi connectivity index (χ4v) is 4.50. The maximum absolute atomic E-state index is 12.6. The Morgan fingerprint density at radius 3 is 2.76 bits per heavy atom. The maximum atomic E-state index is 12.6. The summed E-state index contributed by atoms with van der Waals surface area (Å²) in [6.07, 6.45) is 3.19. The van der Waals surface area contributed by atoms with Crippen LogP contribution < -0.4 is 4.72 Å². The lowest BCUT2D eigenvalue weighted by Crippen LogP contribution is -2.40. The molecule has 6 heteroatoms. The Labute approximate surface area is 126 Å². The molecule has 2 unspecified atom stereocenters. The molecule has 5 nitrogen and oxygen atoms in total. The van der Waals surface area contributed by atoms with Crippen molar-refractivity contribution in [3.8, 4) is 0 Å². The zero-order chi connectivity index (χ0) is 15.5. The van der Waals surface area contributed by atoms with Crippen LogP contribution in [-0.2, 0) is 27.8 Å². The van der Waals surface area contributed by atoms with Crippen LogP contribution in [0.5, 0.6) is 0 Å². The number of nitrogens with one attached hydrogen (secondary N) is 1. The average Bonchev–Trinajstić information content (AvgIpc) is 2.92. The predicted molar refractivity (Wildman–Crippen MR) is 80.5 cm³/mol. The number of aryl methyl sites for hydroxylation is 1. The molecule has 0 amide bonds. The predicted octanol–water partition coefficient (Wildman–Crippen LogP) is 1.59. The van der Waals surface area contributed by atoms with Gasteiger partial charge in [0, 0.05) is 13.2 Å². The van der Waals surface area contributed by atoms with Crippen molar-refractivity contribution < 1.29 is 18.3 Å². The highest BCUT2D eigenvalue weighted by Gasteiger charge is 2.32. The van der Waals surface area contributed by atoms with Gasteiger partial charge in [-0.15, -0.1) is 0 Å². The molecular weight excluding hydrogens is 290 g/mol. The van der Waals surface area contributed by atoms with E-state index in [1.54, 1.807) is 25.3 Å². The molecule has 1 fully saturated rings. The van der Waals surface area contributed by atoms with Crippen molar-refractivity contribution in [2.24, 2.45) is 0 Å². The van der Waals surface area contributed by atoms with E-state index in [4.69, 9.17) is 4.74 Å². The van der Waals surface area contributed by atoms with Crippen molar-refractivity contribution in [3.63, 3.8) is 0 Å². The van der Waals surface area contributed by atoms with E-state index in [9.17, 15) is 13.5 Å². The number of aliphatic hydroxyl groups excluding tert-OH is 1. The van der Waals surface area contributed by atoms with Gasteiger partial charge < -0.3 is 9.84 Å². The molecule has 0 spiro atoms. The highest BCUT2D eigenvalue weighted by molar-refractivity contribution is 7.89. The number of ether oxygens (including phenoxy) is 1. The minimum absolute atomic E-state index is 0.0640. The van der Waals surface area contributed by atoms with E-state index < -0.39 is 10.0 Å². The molecule has 2 rings (SSSR count). The van der Waals surface area contributed by atoms with E-state index in [-0.39, 0.29) is 23.6 Å². The lowest BCUT2D eigenvalue weighted by molar-refractivity contribution is 0.0916. The van der Waals surface area contributed by atoms with E-state index in [0.29, 0.717) is 12.0 Å². The molecule has 1 aromatic carbocycles. The van der Waals surface area contributed by atoms with Crippen LogP contribution in [0.1, 0.15) is 37.3 Å². The highest BCUT2D eigenvalue weighted by Crippen LogP contribution is 2.25. The molecule has 0 bridgehead atoms. The van der Waals surface area contributed by atoms with Crippen molar-refractivity contribution in [1.82, 2.24) is 4.72 Å². The van der Waals surface area contributed by atoms with Gasteiger partial charge in [0.25, 0.3) is 0 Å². The van der Waals surface area contributed by atoms with Crippen LogP contribution in [0.4, 0.5) is 0 Å². The normalized spacial score (nSPS) is 22.6. The smallest absolute Gasteiger partial charge is 0.241 e. The van der Waals surface area contributed by atoms with Crippen molar-refractivity contribution in [2.75, 3.05) is 7.11 Å². The zero-order valence-corrected chi connectivity index (χ0v) is 13.3. The molecule has 1 aromatic rings. The summed E-state index contributed by atoms with van der Waals surface area (Å²) >= 11 is 0. The van der Waals surface area contributed by atoms with E-state index in [1.165, 1.54) is 0 Å². The molecule has 0 heterocycles. The molecule has 2 atom stereocenters. The largest absolute Gasteiger partial charge is 0.392 e. The van der Waals surface area contributed by atoms with Crippen molar-refractivity contribution in [3.05, 3.63) is 29.3 Å². The first-order valence-corrected chi connectivity index (χ1v) is 8.78. The second-order valence-corrected chi connectivity index (χ2v) is 7.07. The molecular formula is C15H23NO4S. The van der Waals surface area contributed by atoms with Crippen LogP contribution in [0, 0.1) is 0 Å². The first-order valence-electron chi connectivity index (χ1n) is 7.29. The standard InChI is InChI=1S/C15H23NO4S/c1-3-12-8-7-11(10-17)9-15(12)21(18,19)16-13-5-4-6-14(13)20-2/h7-9,13-14,16-17H,3-6,10H2,1-2H3. The van der Waals surface area contributed by atoms with Gasteiger partial charge in [0.05, 0.1) is 17.6 Å². The minimum atomic E-state index is -3.60. The molecule has 118 valence electrons. The lowest BCUT2D eigenvalue weighted by Gasteiger charge is -2.20. The van der Waals surface area contributed by atoms with Crippen LogP contribution in [0.25, 0.3) is 0 Å². The van der Waals surface area contributed by atoms with E-state index >= 15 is 0 Å². The van der Waals surface area contributed by atoms with Gasteiger partial charge in [-0.1, -0.05) is 19.1 Å². The third-order valence-electron chi connectivity index (χ3n) is 4.05. The Hall–Kier alpha value is -0.950. The summed E-state index contributed by atoms with van der Waals surface area (Å²) in [4.78, 5) is 0.262. The number of rotatable bonds is 6. The van der Waals surface area contributed by atoms with E-state index in [1.807, 2.05) is 6.92 Å². The number of benzene rings is 1. The summed E-state index contributed by atoms with van der Waals surface area (Å²) in [6, 6.07) is 4.90. The van der Waals surface area contributed by atoms with Gasteiger partial charge in [0.1, 0.15) is 0 Å². The SMILES string of the molecule is CCc1ccc(CO)cc1S(=O)(=O)NC1CCCC1OC. The fourth-order valence-electron chi connectivity index (χ4n) is 2.85. The van der Waals surface area contributed by atoms with E-state index in [0.717, 1.165) is 24.8 Å². The van der Waals surface area contributed by atoms with Gasteiger partial charge in [0.15, 0.2) is 0 Å². The van der Waals surface area contributed by atoms with Crippen LogP contribution in [0.15, 0.2) is 23.1 Å². The zero-order valence-electron chi connectivity index (χ0n) is 12.5. The molecule has 2 N–H and O–H groups in total. The molecule has 0 aromatic heterocycles. The topological polar surface area (TPSA) is 75.6 Å². The van der Waals surface area contributed by atoms with Gasteiger partial charge >= 0.3 is 0 Å². The van der Waals surface area contributed by atoms with Crippen LogP contribution in [0.2, 0.25) is 0 Å². The average molecular weight is 313 g/mol. The summed E-state index contributed by atoms with van der Waals surface area (Å²) < 4.78 is 33.4. The number of hydrogen-bond acceptors (Lipinski definition) is 4. The second-order valence-electron chi connectivity index (χ2n) is 5.39.